The van der Waals surface area contributed by atoms with Crippen LogP contribution in [0, 0.1) is 6.92 Å². The van der Waals surface area contributed by atoms with Crippen molar-refractivity contribution in [3.63, 3.8) is 0 Å². The van der Waals surface area contributed by atoms with Gasteiger partial charge in [-0.05, 0) is 37.5 Å². The maximum Gasteiger partial charge on any atom is 0.254 e. The highest BCUT2D eigenvalue weighted by Gasteiger charge is 2.20. The molecule has 3 rings (SSSR count). The Balaban J connectivity index is 1.62. The number of hydrogen-bond donors (Lipinski definition) is 1. The highest BCUT2D eigenvalue weighted by Crippen LogP contribution is 2.11. The molecule has 0 saturated carbocycles. The number of aromatic nitrogens is 1. The second-order valence-corrected chi connectivity index (χ2v) is 7.46. The van der Waals surface area contributed by atoms with Crippen LogP contribution in [0.2, 0.25) is 0 Å². The lowest BCUT2D eigenvalue weighted by Crippen LogP contribution is -2.41. The molecule has 0 bridgehead atoms. The maximum atomic E-state index is 13.1. The molecular formula is C22H30N4O4. The van der Waals surface area contributed by atoms with Crippen LogP contribution in [-0.2, 0) is 16.0 Å². The predicted molar refractivity (Wildman–Crippen MR) is 113 cm³/mol. The number of nitrogens with one attached hydrogen (secondary N) is 1. The van der Waals surface area contributed by atoms with Crippen LogP contribution < -0.4 is 5.32 Å². The quantitative estimate of drug-likeness (QED) is 0.678. The Morgan fingerprint density at radius 2 is 1.93 bits per heavy atom. The standard InChI is InChI=1S/C22H30N4O4/c1-3-18-5-7-19(8-6-18)22(28)26(10-4-9-25-11-13-29-14-12-25)16-21(27)23-20-15-17(2)30-24-20/h5-8,15H,3-4,9-14,16H2,1-2H3,(H,23,24,27). The highest BCUT2D eigenvalue weighted by molar-refractivity contribution is 5.99. The number of carbonyl (C=O) groups excluding carboxylic acids is 2. The van der Waals surface area contributed by atoms with E-state index in [-0.39, 0.29) is 18.4 Å². The molecule has 0 unspecified atom stereocenters. The zero-order valence-corrected chi connectivity index (χ0v) is 17.7. The number of anilines is 1. The number of ether oxygens (including phenoxy) is 1. The second kappa shape index (κ2) is 10.9. The number of nitrogens with zero attached hydrogens (tertiary/aromatic N) is 3. The third kappa shape index (κ3) is 6.40. The number of benzene rings is 1. The molecule has 8 nitrogen and oxygen atoms in total. The molecule has 0 radical (unpaired) electrons. The van der Waals surface area contributed by atoms with Gasteiger partial charge < -0.3 is 19.5 Å². The number of aryl methyl sites for hydroxylation is 2. The van der Waals surface area contributed by atoms with Crippen LogP contribution in [0.3, 0.4) is 0 Å². The first-order chi connectivity index (χ1) is 14.5. The van der Waals surface area contributed by atoms with Crippen molar-refractivity contribution in [1.29, 1.82) is 0 Å². The molecule has 0 aliphatic carbocycles. The predicted octanol–water partition coefficient (Wildman–Crippen LogP) is 2.35. The number of carbonyl (C=O) groups is 2. The first kappa shape index (κ1) is 22.0. The van der Waals surface area contributed by atoms with Crippen LogP contribution in [0.15, 0.2) is 34.9 Å². The van der Waals surface area contributed by atoms with E-state index in [4.69, 9.17) is 9.26 Å². The molecule has 1 aromatic carbocycles. The Bertz CT molecular complexity index is 828. The average molecular weight is 415 g/mol. The summed E-state index contributed by atoms with van der Waals surface area (Å²) in [6, 6.07) is 9.21. The summed E-state index contributed by atoms with van der Waals surface area (Å²) < 4.78 is 10.4. The Labute approximate surface area is 177 Å². The summed E-state index contributed by atoms with van der Waals surface area (Å²) >= 11 is 0. The van der Waals surface area contributed by atoms with Gasteiger partial charge in [-0.25, -0.2) is 0 Å². The summed E-state index contributed by atoms with van der Waals surface area (Å²) in [5.41, 5.74) is 1.76. The number of amides is 2. The fourth-order valence-electron chi connectivity index (χ4n) is 3.41. The fourth-order valence-corrected chi connectivity index (χ4v) is 3.41. The summed E-state index contributed by atoms with van der Waals surface area (Å²) in [6.07, 6.45) is 1.70. The highest BCUT2D eigenvalue weighted by atomic mass is 16.5. The largest absolute Gasteiger partial charge is 0.379 e. The molecule has 30 heavy (non-hydrogen) atoms. The van der Waals surface area contributed by atoms with E-state index in [1.807, 2.05) is 24.3 Å². The first-order valence-corrected chi connectivity index (χ1v) is 10.5. The van der Waals surface area contributed by atoms with Gasteiger partial charge in [0, 0.05) is 37.8 Å². The van der Waals surface area contributed by atoms with Crippen LogP contribution in [0.25, 0.3) is 0 Å². The third-order valence-electron chi connectivity index (χ3n) is 5.13. The van der Waals surface area contributed by atoms with Gasteiger partial charge in [-0.1, -0.05) is 24.2 Å². The van der Waals surface area contributed by atoms with Crippen molar-refractivity contribution < 1.29 is 18.8 Å². The van der Waals surface area contributed by atoms with Crippen LogP contribution in [0.1, 0.15) is 35.0 Å². The van der Waals surface area contributed by atoms with Gasteiger partial charge in [-0.2, -0.15) is 0 Å². The van der Waals surface area contributed by atoms with Gasteiger partial charge in [0.25, 0.3) is 5.91 Å². The van der Waals surface area contributed by atoms with Crippen molar-refractivity contribution in [2.75, 3.05) is 51.3 Å². The van der Waals surface area contributed by atoms with Crippen molar-refractivity contribution in [1.82, 2.24) is 15.0 Å². The molecule has 1 saturated heterocycles. The van der Waals surface area contributed by atoms with Gasteiger partial charge in [0.2, 0.25) is 5.91 Å². The van der Waals surface area contributed by atoms with Gasteiger partial charge in [-0.15, -0.1) is 0 Å². The molecule has 0 spiro atoms. The summed E-state index contributed by atoms with van der Waals surface area (Å²) in [5, 5.41) is 6.47. The van der Waals surface area contributed by atoms with Crippen molar-refractivity contribution in [3.05, 3.63) is 47.2 Å². The van der Waals surface area contributed by atoms with Gasteiger partial charge in [-0.3, -0.25) is 14.5 Å². The molecule has 1 aromatic heterocycles. The lowest BCUT2D eigenvalue weighted by molar-refractivity contribution is -0.117. The van der Waals surface area contributed by atoms with E-state index >= 15 is 0 Å². The summed E-state index contributed by atoms with van der Waals surface area (Å²) in [6.45, 7) is 8.44. The first-order valence-electron chi connectivity index (χ1n) is 10.5. The molecule has 8 heteroatoms. The number of morpholine rings is 1. The van der Waals surface area contributed by atoms with Crippen LogP contribution in [0.4, 0.5) is 5.82 Å². The minimum atomic E-state index is -0.298. The van der Waals surface area contributed by atoms with Crippen molar-refractivity contribution in [2.24, 2.45) is 0 Å². The lowest BCUT2D eigenvalue weighted by atomic mass is 10.1. The monoisotopic (exact) mass is 414 g/mol. The molecule has 2 aromatic rings. The van der Waals surface area contributed by atoms with Crippen molar-refractivity contribution in [2.45, 2.75) is 26.7 Å². The molecule has 1 aliphatic heterocycles. The Morgan fingerprint density at radius 3 is 2.57 bits per heavy atom. The zero-order chi connectivity index (χ0) is 21.3. The summed E-state index contributed by atoms with van der Waals surface area (Å²) in [7, 11) is 0. The Hall–Kier alpha value is -2.71. The Kier molecular flexibility index (Phi) is 7.98. The number of rotatable bonds is 9. The molecule has 2 heterocycles. The smallest absolute Gasteiger partial charge is 0.254 e. The fraction of sp³-hybridized carbons (Fsp3) is 0.500. The van der Waals surface area contributed by atoms with Gasteiger partial charge in [0.1, 0.15) is 12.3 Å². The lowest BCUT2D eigenvalue weighted by Gasteiger charge is -2.28. The molecule has 1 fully saturated rings. The van der Waals surface area contributed by atoms with Crippen LogP contribution in [0.5, 0.6) is 0 Å². The zero-order valence-electron chi connectivity index (χ0n) is 17.7. The van der Waals surface area contributed by atoms with E-state index in [0.29, 0.717) is 23.7 Å². The van der Waals surface area contributed by atoms with E-state index in [1.54, 1.807) is 17.9 Å². The minimum absolute atomic E-state index is 0.0383. The van der Waals surface area contributed by atoms with E-state index in [1.165, 1.54) is 5.56 Å². The van der Waals surface area contributed by atoms with E-state index < -0.39 is 0 Å². The molecule has 162 valence electrons. The van der Waals surface area contributed by atoms with Crippen LogP contribution in [-0.4, -0.2) is 72.7 Å². The minimum Gasteiger partial charge on any atom is -0.379 e. The van der Waals surface area contributed by atoms with Gasteiger partial charge >= 0.3 is 0 Å². The topological polar surface area (TPSA) is 87.9 Å². The molecule has 2 amide bonds. The van der Waals surface area contributed by atoms with E-state index in [0.717, 1.165) is 45.7 Å². The molecule has 1 N–H and O–H groups in total. The van der Waals surface area contributed by atoms with Gasteiger partial charge in [0.05, 0.1) is 13.2 Å². The molecule has 0 atom stereocenters. The van der Waals surface area contributed by atoms with Crippen molar-refractivity contribution >= 4 is 17.6 Å². The normalized spacial score (nSPS) is 14.5. The van der Waals surface area contributed by atoms with Gasteiger partial charge in [0.15, 0.2) is 5.82 Å². The second-order valence-electron chi connectivity index (χ2n) is 7.46. The third-order valence-corrected chi connectivity index (χ3v) is 5.13. The Morgan fingerprint density at radius 1 is 1.20 bits per heavy atom. The maximum absolute atomic E-state index is 13.1. The summed E-state index contributed by atoms with van der Waals surface area (Å²) in [4.78, 5) is 29.5. The summed E-state index contributed by atoms with van der Waals surface area (Å²) in [5.74, 6) is 0.518. The van der Waals surface area contributed by atoms with Crippen molar-refractivity contribution in [3.8, 4) is 0 Å². The van der Waals surface area contributed by atoms with Crippen LogP contribution >= 0.6 is 0 Å². The SMILES string of the molecule is CCc1ccc(C(=O)N(CCCN2CCOCC2)CC(=O)Nc2cc(C)on2)cc1. The van der Waals surface area contributed by atoms with E-state index in [9.17, 15) is 9.59 Å². The number of hydrogen-bond acceptors (Lipinski definition) is 6. The average Bonchev–Trinajstić information content (AvgIpc) is 3.17. The molecule has 1 aliphatic rings. The van der Waals surface area contributed by atoms with E-state index in [2.05, 4.69) is 22.3 Å². The molecular weight excluding hydrogens is 384 g/mol.